The van der Waals surface area contributed by atoms with Crippen LogP contribution < -0.4 is 4.74 Å². The van der Waals surface area contributed by atoms with E-state index in [1.165, 1.54) is 12.0 Å². The van der Waals surface area contributed by atoms with Crippen molar-refractivity contribution in [3.63, 3.8) is 0 Å². The zero-order valence-electron chi connectivity index (χ0n) is 19.1. The lowest BCUT2D eigenvalue weighted by Crippen LogP contribution is -2.72. The molecule has 3 atom stereocenters. The number of rotatable bonds is 4. The van der Waals surface area contributed by atoms with E-state index < -0.39 is 49.7 Å². The first-order chi connectivity index (χ1) is 16.7. The van der Waals surface area contributed by atoms with Crippen LogP contribution in [0.1, 0.15) is 36.8 Å². The molecule has 1 unspecified atom stereocenters. The molecule has 36 heavy (non-hydrogen) atoms. The van der Waals surface area contributed by atoms with Crippen LogP contribution in [0.4, 0.5) is 4.79 Å². The van der Waals surface area contributed by atoms with Crippen molar-refractivity contribution in [2.24, 2.45) is 5.41 Å². The maximum atomic E-state index is 14.0. The van der Waals surface area contributed by atoms with Gasteiger partial charge in [0.15, 0.2) is 0 Å². The second kappa shape index (κ2) is 10.0. The van der Waals surface area contributed by atoms with E-state index in [4.69, 9.17) is 83.8 Å². The van der Waals surface area contributed by atoms with Crippen molar-refractivity contribution in [1.29, 1.82) is 0 Å². The van der Waals surface area contributed by atoms with Gasteiger partial charge in [0, 0.05) is 30.4 Å². The number of Topliss-reactive ketones (excluding diaryl/α,β-unsaturated/α-hetero) is 1. The third kappa shape index (κ3) is 4.96. The third-order valence-electron chi connectivity index (χ3n) is 7.42. The summed E-state index contributed by atoms with van der Waals surface area (Å²) in [5.74, 6) is -0.0854. The fraction of sp³-hybridized carbons (Fsp3) is 0.609. The number of benzene rings is 1. The van der Waals surface area contributed by atoms with Crippen LogP contribution in [0.2, 0.25) is 0 Å². The minimum Gasteiger partial charge on any atom is -0.496 e. The highest BCUT2D eigenvalue weighted by Crippen LogP contribution is 2.64. The summed E-state index contributed by atoms with van der Waals surface area (Å²) in [6.07, 6.45) is 0.167. The summed E-state index contributed by atoms with van der Waals surface area (Å²) in [7, 11) is 1.54. The van der Waals surface area contributed by atoms with E-state index in [2.05, 4.69) is 0 Å². The van der Waals surface area contributed by atoms with Gasteiger partial charge in [-0.25, -0.2) is 4.79 Å². The Morgan fingerprint density at radius 3 is 2.36 bits per heavy atom. The number of esters is 1. The number of likely N-dealkylation sites (tertiary alicyclic amines) is 1. The number of piperidine rings is 1. The SMILES string of the molecule is COc1cccc2c1[C@]13CCN(C(=O)OCC(Cl)(Cl)Cl)[C@H](C2)C1(C(=O)OCC(Cl)(Cl)Cl)CCC(=O)C3. The van der Waals surface area contributed by atoms with Crippen LogP contribution in [0.5, 0.6) is 5.75 Å². The number of hydrogen-bond donors (Lipinski definition) is 0. The summed E-state index contributed by atoms with van der Waals surface area (Å²) in [6.45, 7) is -0.766. The second-order valence-corrected chi connectivity index (χ2v) is 14.3. The Bertz CT molecular complexity index is 1070. The summed E-state index contributed by atoms with van der Waals surface area (Å²) < 4.78 is 12.9. The van der Waals surface area contributed by atoms with Crippen molar-refractivity contribution in [3.8, 4) is 5.75 Å². The molecule has 2 bridgehead atoms. The Labute approximate surface area is 238 Å². The van der Waals surface area contributed by atoms with Crippen LogP contribution in [-0.2, 0) is 30.9 Å². The van der Waals surface area contributed by atoms with Crippen LogP contribution in [-0.4, -0.2) is 63.2 Å². The van der Waals surface area contributed by atoms with Gasteiger partial charge < -0.3 is 19.1 Å². The lowest BCUT2D eigenvalue weighted by molar-refractivity contribution is -0.180. The van der Waals surface area contributed by atoms with E-state index in [9.17, 15) is 14.4 Å². The molecule has 7 nitrogen and oxygen atoms in total. The van der Waals surface area contributed by atoms with Gasteiger partial charge in [-0.05, 0) is 30.9 Å². The van der Waals surface area contributed by atoms with Crippen molar-refractivity contribution in [1.82, 2.24) is 4.90 Å². The number of ether oxygens (including phenoxy) is 3. The highest BCUT2D eigenvalue weighted by molar-refractivity contribution is 6.68. The van der Waals surface area contributed by atoms with Crippen molar-refractivity contribution >= 4 is 87.5 Å². The molecule has 0 spiro atoms. The number of alkyl halides is 6. The van der Waals surface area contributed by atoms with Gasteiger partial charge in [0.25, 0.3) is 0 Å². The molecule has 3 aliphatic rings. The van der Waals surface area contributed by atoms with E-state index >= 15 is 0 Å². The molecule has 0 N–H and O–H groups in total. The van der Waals surface area contributed by atoms with E-state index in [-0.39, 0.29) is 44.4 Å². The number of halogens is 6. The van der Waals surface area contributed by atoms with Gasteiger partial charge in [-0.1, -0.05) is 81.7 Å². The molecule has 2 fully saturated rings. The van der Waals surface area contributed by atoms with Crippen LogP contribution in [0.15, 0.2) is 18.2 Å². The molecule has 13 heteroatoms. The average molecular weight is 622 g/mol. The Kier molecular flexibility index (Phi) is 7.87. The van der Waals surface area contributed by atoms with E-state index in [0.717, 1.165) is 11.1 Å². The van der Waals surface area contributed by atoms with E-state index in [0.29, 0.717) is 5.75 Å². The molecule has 4 rings (SSSR count). The number of amides is 1. The van der Waals surface area contributed by atoms with Crippen LogP contribution in [0.25, 0.3) is 0 Å². The molecule has 1 saturated heterocycles. The van der Waals surface area contributed by atoms with Crippen LogP contribution in [0, 0.1) is 5.41 Å². The largest absolute Gasteiger partial charge is 0.496 e. The standard InChI is InChI=1S/C23H23Cl6NO6/c1-34-15-4-2-3-13-9-16-21(18(32)35-11-22(24,25)26)6-5-14(31)10-20(21,17(13)15)7-8-30(16)19(33)36-12-23(27,28)29/h2-4,16H,5-12H2,1H3/t16-,20-,21?/m1/s1. The first-order valence-corrected chi connectivity index (χ1v) is 13.4. The first-order valence-electron chi connectivity index (χ1n) is 11.2. The molecule has 2 aliphatic carbocycles. The zero-order valence-corrected chi connectivity index (χ0v) is 23.7. The van der Waals surface area contributed by atoms with Gasteiger partial charge in [0.2, 0.25) is 7.59 Å². The number of fused-ring (bicyclic) bond motifs is 1. The molecular weight excluding hydrogens is 599 g/mol. The van der Waals surface area contributed by atoms with E-state index in [1.54, 1.807) is 6.07 Å². The summed E-state index contributed by atoms with van der Waals surface area (Å²) in [5, 5.41) is 0. The minimum atomic E-state index is -1.84. The van der Waals surface area contributed by atoms with Crippen molar-refractivity contribution in [3.05, 3.63) is 29.3 Å². The minimum absolute atomic E-state index is 0.00420. The number of ketones is 1. The Hall–Kier alpha value is -0.830. The normalized spacial score (nSPS) is 27.6. The van der Waals surface area contributed by atoms with Crippen molar-refractivity contribution < 1.29 is 28.6 Å². The maximum absolute atomic E-state index is 14.0. The molecule has 198 valence electrons. The zero-order chi connectivity index (χ0) is 26.5. The van der Waals surface area contributed by atoms with Crippen molar-refractivity contribution in [2.45, 2.75) is 51.1 Å². The molecule has 1 saturated carbocycles. The molecule has 1 aliphatic heterocycles. The van der Waals surface area contributed by atoms with Crippen molar-refractivity contribution in [2.75, 3.05) is 26.9 Å². The van der Waals surface area contributed by atoms with Gasteiger partial charge in [0.05, 0.1) is 18.6 Å². The fourth-order valence-corrected chi connectivity index (χ4v) is 6.56. The predicted molar refractivity (Wildman–Crippen MR) is 138 cm³/mol. The molecule has 1 aromatic carbocycles. The predicted octanol–water partition coefficient (Wildman–Crippen LogP) is 5.72. The number of methoxy groups -OCH3 is 1. The van der Waals surface area contributed by atoms with Gasteiger partial charge in [-0.3, -0.25) is 9.59 Å². The molecule has 1 heterocycles. The average Bonchev–Trinajstić information content (AvgIpc) is 2.79. The number of hydrogen-bond acceptors (Lipinski definition) is 6. The molecular formula is C23H23Cl6NO6. The summed E-state index contributed by atoms with van der Waals surface area (Å²) in [4.78, 5) is 41.6. The summed E-state index contributed by atoms with van der Waals surface area (Å²) in [5.41, 5.74) is -0.686. The van der Waals surface area contributed by atoms with E-state index in [1.807, 2.05) is 12.1 Å². The fourth-order valence-electron chi connectivity index (χ4n) is 6.23. The lowest BCUT2D eigenvalue weighted by Gasteiger charge is -2.63. The van der Waals surface area contributed by atoms with Crippen LogP contribution in [0.3, 0.4) is 0 Å². The molecule has 0 radical (unpaired) electrons. The third-order valence-corrected chi connectivity index (χ3v) is 8.08. The Morgan fingerprint density at radius 1 is 1.06 bits per heavy atom. The molecule has 1 aromatic rings. The number of nitrogens with zero attached hydrogens (tertiary/aromatic N) is 1. The molecule has 0 aromatic heterocycles. The van der Waals surface area contributed by atoms with Gasteiger partial charge in [-0.15, -0.1) is 0 Å². The number of carbonyl (C=O) groups is 3. The Balaban J connectivity index is 1.87. The van der Waals surface area contributed by atoms with Gasteiger partial charge in [-0.2, -0.15) is 0 Å². The van der Waals surface area contributed by atoms with Gasteiger partial charge >= 0.3 is 12.1 Å². The first kappa shape index (κ1) is 28.2. The highest BCUT2D eigenvalue weighted by Gasteiger charge is 2.71. The second-order valence-electron chi connectivity index (χ2n) is 9.29. The summed E-state index contributed by atoms with van der Waals surface area (Å²) >= 11 is 35.0. The van der Waals surface area contributed by atoms with Gasteiger partial charge in [0.1, 0.15) is 24.7 Å². The maximum Gasteiger partial charge on any atom is 0.410 e. The molecule has 1 amide bonds. The Morgan fingerprint density at radius 2 is 1.72 bits per heavy atom. The summed E-state index contributed by atoms with van der Waals surface area (Å²) in [6, 6.07) is 4.81. The number of carbonyl (C=O) groups excluding carboxylic acids is 3. The quantitative estimate of drug-likeness (QED) is 0.316. The smallest absolute Gasteiger partial charge is 0.410 e. The highest BCUT2D eigenvalue weighted by atomic mass is 35.6. The monoisotopic (exact) mass is 619 g/mol. The van der Waals surface area contributed by atoms with Crippen LogP contribution >= 0.6 is 69.6 Å². The topological polar surface area (TPSA) is 82.1 Å². The lowest BCUT2D eigenvalue weighted by atomic mass is 9.43.